The molecule has 1 aliphatic rings. The zero-order chi connectivity index (χ0) is 15.6. The second-order valence-electron chi connectivity index (χ2n) is 5.45. The monoisotopic (exact) mass is 321 g/mol. The van der Waals surface area contributed by atoms with E-state index in [9.17, 15) is 4.79 Å². The lowest BCUT2D eigenvalue weighted by molar-refractivity contribution is -0.117. The van der Waals surface area contributed by atoms with E-state index in [4.69, 9.17) is 0 Å². The van der Waals surface area contributed by atoms with E-state index in [1.165, 1.54) is 0 Å². The standard InChI is InChI=1S/C18H15N3OS/c22-17-5-3-11-21(17)14-8-6-13(7-9-14)16-12-23-18(20-16)15-4-1-2-10-19-15/h1-2,4,6-10,12H,3,5,11H2. The number of anilines is 1. The minimum absolute atomic E-state index is 0.212. The Hall–Kier alpha value is -2.53. The largest absolute Gasteiger partial charge is 0.312 e. The van der Waals surface area contributed by atoms with E-state index in [1.54, 1.807) is 17.5 Å². The zero-order valence-electron chi connectivity index (χ0n) is 12.5. The van der Waals surface area contributed by atoms with Crippen LogP contribution in [-0.2, 0) is 4.79 Å². The Balaban J connectivity index is 1.59. The van der Waals surface area contributed by atoms with Crippen LogP contribution in [-0.4, -0.2) is 22.4 Å². The summed E-state index contributed by atoms with van der Waals surface area (Å²) in [5.41, 5.74) is 3.85. The van der Waals surface area contributed by atoms with Gasteiger partial charge in [-0.25, -0.2) is 4.98 Å². The van der Waals surface area contributed by atoms with Gasteiger partial charge in [-0.15, -0.1) is 11.3 Å². The van der Waals surface area contributed by atoms with Crippen LogP contribution < -0.4 is 4.90 Å². The highest BCUT2D eigenvalue weighted by Gasteiger charge is 2.21. The molecule has 114 valence electrons. The number of nitrogens with zero attached hydrogens (tertiary/aromatic N) is 3. The van der Waals surface area contributed by atoms with Crippen LogP contribution in [0.2, 0.25) is 0 Å². The molecule has 4 nitrogen and oxygen atoms in total. The maximum absolute atomic E-state index is 11.8. The Morgan fingerprint density at radius 2 is 1.91 bits per heavy atom. The van der Waals surface area contributed by atoms with Gasteiger partial charge < -0.3 is 4.90 Å². The van der Waals surface area contributed by atoms with Gasteiger partial charge in [0.2, 0.25) is 5.91 Å². The number of rotatable bonds is 3. The fourth-order valence-corrected chi connectivity index (χ4v) is 3.55. The molecule has 4 rings (SSSR count). The minimum Gasteiger partial charge on any atom is -0.312 e. The normalized spacial score (nSPS) is 14.4. The number of hydrogen-bond acceptors (Lipinski definition) is 4. The molecule has 1 amide bonds. The number of carbonyl (C=O) groups excluding carboxylic acids is 1. The smallest absolute Gasteiger partial charge is 0.227 e. The van der Waals surface area contributed by atoms with E-state index >= 15 is 0 Å². The van der Waals surface area contributed by atoms with E-state index in [-0.39, 0.29) is 5.91 Å². The maximum atomic E-state index is 11.8. The van der Waals surface area contributed by atoms with Crippen molar-refractivity contribution in [1.82, 2.24) is 9.97 Å². The summed E-state index contributed by atoms with van der Waals surface area (Å²) in [4.78, 5) is 22.7. The molecule has 0 saturated carbocycles. The molecule has 0 unspecified atom stereocenters. The summed E-state index contributed by atoms with van der Waals surface area (Å²) >= 11 is 1.59. The van der Waals surface area contributed by atoms with Crippen molar-refractivity contribution < 1.29 is 4.79 Å². The minimum atomic E-state index is 0.212. The third-order valence-corrected chi connectivity index (χ3v) is 4.80. The predicted molar refractivity (Wildman–Crippen MR) is 92.4 cm³/mol. The number of pyridine rings is 1. The summed E-state index contributed by atoms with van der Waals surface area (Å²) in [7, 11) is 0. The van der Waals surface area contributed by atoms with Crippen molar-refractivity contribution in [3.8, 4) is 22.0 Å². The van der Waals surface area contributed by atoms with Gasteiger partial charge >= 0.3 is 0 Å². The average molecular weight is 321 g/mol. The molecule has 3 heterocycles. The van der Waals surface area contributed by atoms with E-state index in [1.807, 2.05) is 52.7 Å². The molecule has 1 fully saturated rings. The van der Waals surface area contributed by atoms with Crippen molar-refractivity contribution in [2.24, 2.45) is 0 Å². The quantitative estimate of drug-likeness (QED) is 0.732. The molecule has 0 atom stereocenters. The highest BCUT2D eigenvalue weighted by molar-refractivity contribution is 7.13. The van der Waals surface area contributed by atoms with Gasteiger partial charge in [0, 0.05) is 35.8 Å². The van der Waals surface area contributed by atoms with Crippen LogP contribution >= 0.6 is 11.3 Å². The van der Waals surface area contributed by atoms with Crippen molar-refractivity contribution in [3.63, 3.8) is 0 Å². The van der Waals surface area contributed by atoms with Crippen LogP contribution in [0.4, 0.5) is 5.69 Å². The van der Waals surface area contributed by atoms with E-state index in [2.05, 4.69) is 9.97 Å². The van der Waals surface area contributed by atoms with Gasteiger partial charge in [0.25, 0.3) is 0 Å². The number of amides is 1. The second-order valence-corrected chi connectivity index (χ2v) is 6.31. The molecule has 3 aromatic rings. The van der Waals surface area contributed by atoms with Crippen molar-refractivity contribution in [3.05, 3.63) is 54.0 Å². The highest BCUT2D eigenvalue weighted by atomic mass is 32.1. The molecule has 0 radical (unpaired) electrons. The molecule has 0 N–H and O–H groups in total. The number of hydrogen-bond donors (Lipinski definition) is 0. The van der Waals surface area contributed by atoms with E-state index in [0.717, 1.165) is 40.6 Å². The Labute approximate surface area is 138 Å². The summed E-state index contributed by atoms with van der Waals surface area (Å²) in [6, 6.07) is 13.9. The molecule has 0 bridgehead atoms. The van der Waals surface area contributed by atoms with Gasteiger partial charge in [0.1, 0.15) is 5.01 Å². The molecule has 5 heteroatoms. The first kappa shape index (κ1) is 14.1. The fraction of sp³-hybridized carbons (Fsp3) is 0.167. The van der Waals surface area contributed by atoms with Gasteiger partial charge in [-0.05, 0) is 30.7 Å². The Morgan fingerprint density at radius 3 is 2.61 bits per heavy atom. The van der Waals surface area contributed by atoms with Crippen LogP contribution in [0.3, 0.4) is 0 Å². The molecule has 0 aliphatic carbocycles. The first-order valence-electron chi connectivity index (χ1n) is 7.59. The fourth-order valence-electron chi connectivity index (χ4n) is 2.75. The van der Waals surface area contributed by atoms with Gasteiger partial charge in [-0.3, -0.25) is 9.78 Å². The van der Waals surface area contributed by atoms with Gasteiger partial charge in [-0.1, -0.05) is 18.2 Å². The lowest BCUT2D eigenvalue weighted by Gasteiger charge is -2.15. The number of carbonyl (C=O) groups is 1. The van der Waals surface area contributed by atoms with E-state index in [0.29, 0.717) is 6.42 Å². The Bertz CT molecular complexity index is 827. The zero-order valence-corrected chi connectivity index (χ0v) is 13.3. The SMILES string of the molecule is O=C1CCCN1c1ccc(-c2csc(-c3ccccn3)n2)cc1. The summed E-state index contributed by atoms with van der Waals surface area (Å²) in [5.74, 6) is 0.212. The molecule has 1 aliphatic heterocycles. The summed E-state index contributed by atoms with van der Waals surface area (Å²) in [6.45, 7) is 0.818. The van der Waals surface area contributed by atoms with Crippen molar-refractivity contribution >= 4 is 22.9 Å². The molecule has 1 aromatic carbocycles. The molecule has 23 heavy (non-hydrogen) atoms. The molecular weight excluding hydrogens is 306 g/mol. The molecule has 0 spiro atoms. The maximum Gasteiger partial charge on any atom is 0.227 e. The molecule has 2 aromatic heterocycles. The van der Waals surface area contributed by atoms with Gasteiger partial charge in [0.15, 0.2) is 0 Å². The third kappa shape index (κ3) is 2.75. The van der Waals surface area contributed by atoms with Gasteiger partial charge in [-0.2, -0.15) is 0 Å². The summed E-state index contributed by atoms with van der Waals surface area (Å²) in [5, 5.41) is 2.96. The van der Waals surface area contributed by atoms with Crippen molar-refractivity contribution in [1.29, 1.82) is 0 Å². The lowest BCUT2D eigenvalue weighted by atomic mass is 10.1. The van der Waals surface area contributed by atoms with Crippen LogP contribution in [0.15, 0.2) is 54.0 Å². The lowest BCUT2D eigenvalue weighted by Crippen LogP contribution is -2.23. The van der Waals surface area contributed by atoms with Crippen LogP contribution in [0.25, 0.3) is 22.0 Å². The van der Waals surface area contributed by atoms with Gasteiger partial charge in [0.05, 0.1) is 11.4 Å². The number of thiazole rings is 1. The topological polar surface area (TPSA) is 46.1 Å². The highest BCUT2D eigenvalue weighted by Crippen LogP contribution is 2.29. The second kappa shape index (κ2) is 5.93. The first-order valence-corrected chi connectivity index (χ1v) is 8.47. The third-order valence-electron chi connectivity index (χ3n) is 3.94. The van der Waals surface area contributed by atoms with Crippen LogP contribution in [0, 0.1) is 0 Å². The summed E-state index contributed by atoms with van der Waals surface area (Å²) in [6.07, 6.45) is 3.37. The van der Waals surface area contributed by atoms with Crippen molar-refractivity contribution in [2.75, 3.05) is 11.4 Å². The van der Waals surface area contributed by atoms with Crippen molar-refractivity contribution in [2.45, 2.75) is 12.8 Å². The molecular formula is C18H15N3OS. The number of aromatic nitrogens is 2. The Kier molecular flexibility index (Phi) is 3.63. The predicted octanol–water partition coefficient (Wildman–Crippen LogP) is 4.00. The first-order chi connectivity index (χ1) is 11.3. The number of benzene rings is 1. The Morgan fingerprint density at radius 1 is 1.04 bits per heavy atom. The van der Waals surface area contributed by atoms with Crippen LogP contribution in [0.1, 0.15) is 12.8 Å². The average Bonchev–Trinajstić information content (AvgIpc) is 3.25. The van der Waals surface area contributed by atoms with E-state index < -0.39 is 0 Å². The van der Waals surface area contributed by atoms with Crippen LogP contribution in [0.5, 0.6) is 0 Å². The molecule has 1 saturated heterocycles. The summed E-state index contributed by atoms with van der Waals surface area (Å²) < 4.78 is 0.